The van der Waals surface area contributed by atoms with Gasteiger partial charge in [0.25, 0.3) is 0 Å². The Morgan fingerprint density at radius 3 is 2.47 bits per heavy atom. The molecule has 0 unspecified atom stereocenters. The van der Waals surface area contributed by atoms with Crippen LogP contribution < -0.4 is 0 Å². The lowest BCUT2D eigenvalue weighted by Crippen LogP contribution is -1.99. The SMILES string of the molecule is c1ccc(CCCCCc2nncnn2)nc1. The van der Waals surface area contributed by atoms with Crippen LogP contribution >= 0.6 is 0 Å². The molecule has 0 amide bonds. The molecule has 0 atom stereocenters. The number of nitrogens with zero attached hydrogens (tertiary/aromatic N) is 5. The third kappa shape index (κ3) is 4.22. The zero-order chi connectivity index (χ0) is 11.8. The third-order valence-corrected chi connectivity index (χ3v) is 2.51. The van der Waals surface area contributed by atoms with E-state index in [0.29, 0.717) is 0 Å². The number of aryl methyl sites for hydroxylation is 2. The molecule has 2 rings (SSSR count). The van der Waals surface area contributed by atoms with Crippen LogP contribution in [0.2, 0.25) is 0 Å². The summed E-state index contributed by atoms with van der Waals surface area (Å²) >= 11 is 0. The lowest BCUT2D eigenvalue weighted by Gasteiger charge is -2.00. The number of hydrogen-bond donors (Lipinski definition) is 0. The van der Waals surface area contributed by atoms with Crippen molar-refractivity contribution < 1.29 is 0 Å². The van der Waals surface area contributed by atoms with Crippen LogP contribution in [-0.2, 0) is 12.8 Å². The Hall–Kier alpha value is -1.91. The molecule has 2 heterocycles. The highest BCUT2D eigenvalue weighted by Crippen LogP contribution is 2.05. The molecule has 17 heavy (non-hydrogen) atoms. The van der Waals surface area contributed by atoms with Crippen molar-refractivity contribution in [2.24, 2.45) is 0 Å². The molecule has 0 bridgehead atoms. The maximum Gasteiger partial charge on any atom is 0.173 e. The monoisotopic (exact) mass is 229 g/mol. The first-order valence-electron chi connectivity index (χ1n) is 5.84. The summed E-state index contributed by atoms with van der Waals surface area (Å²) < 4.78 is 0. The highest BCUT2D eigenvalue weighted by atomic mass is 15.3. The van der Waals surface area contributed by atoms with Gasteiger partial charge in [0.05, 0.1) is 0 Å². The zero-order valence-corrected chi connectivity index (χ0v) is 9.66. The Kier molecular flexibility index (Phi) is 4.51. The number of unbranched alkanes of at least 4 members (excludes halogenated alkanes) is 2. The van der Waals surface area contributed by atoms with Crippen LogP contribution in [0.1, 0.15) is 30.8 Å². The minimum atomic E-state index is 0.727. The normalized spacial score (nSPS) is 10.4. The van der Waals surface area contributed by atoms with Crippen LogP contribution in [0.3, 0.4) is 0 Å². The van der Waals surface area contributed by atoms with Gasteiger partial charge in [-0.15, -0.1) is 20.4 Å². The molecule has 0 saturated heterocycles. The highest BCUT2D eigenvalue weighted by Gasteiger charge is 1.98. The quantitative estimate of drug-likeness (QED) is 0.704. The molecule has 0 fully saturated rings. The van der Waals surface area contributed by atoms with E-state index in [2.05, 4.69) is 31.4 Å². The summed E-state index contributed by atoms with van der Waals surface area (Å²) in [6, 6.07) is 6.03. The summed E-state index contributed by atoms with van der Waals surface area (Å²) in [5, 5.41) is 15.2. The Bertz CT molecular complexity index is 376. The molecule has 0 aliphatic heterocycles. The van der Waals surface area contributed by atoms with E-state index >= 15 is 0 Å². The second kappa shape index (κ2) is 6.62. The lowest BCUT2D eigenvalue weighted by molar-refractivity contribution is 0.637. The number of aromatic nitrogens is 5. The van der Waals surface area contributed by atoms with Crippen LogP contribution in [-0.4, -0.2) is 25.4 Å². The fraction of sp³-hybridized carbons (Fsp3) is 0.417. The number of pyridine rings is 1. The molecule has 2 aromatic heterocycles. The second-order valence-electron chi connectivity index (χ2n) is 3.84. The van der Waals surface area contributed by atoms with Gasteiger partial charge in [0, 0.05) is 18.3 Å². The predicted octanol–water partition coefficient (Wildman–Crippen LogP) is 1.62. The van der Waals surface area contributed by atoms with Crippen molar-refractivity contribution in [3.63, 3.8) is 0 Å². The van der Waals surface area contributed by atoms with Gasteiger partial charge >= 0.3 is 0 Å². The summed E-state index contributed by atoms with van der Waals surface area (Å²) in [5.74, 6) is 0.727. The predicted molar refractivity (Wildman–Crippen MR) is 63.1 cm³/mol. The minimum absolute atomic E-state index is 0.727. The molecule has 0 N–H and O–H groups in total. The molecular weight excluding hydrogens is 214 g/mol. The molecule has 5 heteroatoms. The van der Waals surface area contributed by atoms with Crippen molar-refractivity contribution in [3.8, 4) is 0 Å². The first kappa shape index (κ1) is 11.6. The van der Waals surface area contributed by atoms with Crippen molar-refractivity contribution in [1.29, 1.82) is 0 Å². The maximum atomic E-state index is 4.29. The van der Waals surface area contributed by atoms with Crippen LogP contribution in [0.5, 0.6) is 0 Å². The molecule has 0 radical (unpaired) electrons. The first-order chi connectivity index (χ1) is 8.45. The highest BCUT2D eigenvalue weighted by molar-refractivity contribution is 5.03. The van der Waals surface area contributed by atoms with E-state index in [0.717, 1.165) is 43.6 Å². The van der Waals surface area contributed by atoms with Crippen molar-refractivity contribution in [2.75, 3.05) is 0 Å². The fourth-order valence-electron chi connectivity index (χ4n) is 1.64. The van der Waals surface area contributed by atoms with Crippen LogP contribution in [0.25, 0.3) is 0 Å². The van der Waals surface area contributed by atoms with E-state index in [-0.39, 0.29) is 0 Å². The molecule has 2 aromatic rings. The van der Waals surface area contributed by atoms with Gasteiger partial charge in [0.15, 0.2) is 12.2 Å². The van der Waals surface area contributed by atoms with Crippen LogP contribution in [0.15, 0.2) is 30.7 Å². The molecule has 0 aliphatic carbocycles. The molecule has 0 aromatic carbocycles. The van der Waals surface area contributed by atoms with Crippen LogP contribution in [0, 0.1) is 0 Å². The van der Waals surface area contributed by atoms with Gasteiger partial charge in [0.2, 0.25) is 0 Å². The van der Waals surface area contributed by atoms with Gasteiger partial charge in [0.1, 0.15) is 0 Å². The van der Waals surface area contributed by atoms with E-state index in [1.165, 1.54) is 6.33 Å². The Morgan fingerprint density at radius 2 is 1.71 bits per heavy atom. The maximum absolute atomic E-state index is 4.29. The topological polar surface area (TPSA) is 64.5 Å². The Labute approximate surface area is 100 Å². The summed E-state index contributed by atoms with van der Waals surface area (Å²) in [7, 11) is 0. The van der Waals surface area contributed by atoms with E-state index in [1.807, 2.05) is 18.3 Å². The van der Waals surface area contributed by atoms with Gasteiger partial charge in [-0.3, -0.25) is 4.98 Å². The van der Waals surface area contributed by atoms with Crippen molar-refractivity contribution in [1.82, 2.24) is 25.4 Å². The summed E-state index contributed by atoms with van der Waals surface area (Å²) in [6.07, 6.45) is 8.44. The van der Waals surface area contributed by atoms with E-state index in [4.69, 9.17) is 0 Å². The lowest BCUT2D eigenvalue weighted by atomic mass is 10.1. The average Bonchev–Trinajstić information content (AvgIpc) is 2.41. The van der Waals surface area contributed by atoms with Gasteiger partial charge in [-0.05, 0) is 31.4 Å². The largest absolute Gasteiger partial charge is 0.261 e. The minimum Gasteiger partial charge on any atom is -0.261 e. The first-order valence-corrected chi connectivity index (χ1v) is 5.84. The van der Waals surface area contributed by atoms with Gasteiger partial charge in [-0.2, -0.15) is 0 Å². The summed E-state index contributed by atoms with van der Waals surface area (Å²) in [5.41, 5.74) is 1.16. The summed E-state index contributed by atoms with van der Waals surface area (Å²) in [6.45, 7) is 0. The molecule has 88 valence electrons. The zero-order valence-electron chi connectivity index (χ0n) is 9.66. The van der Waals surface area contributed by atoms with E-state index in [1.54, 1.807) is 0 Å². The van der Waals surface area contributed by atoms with Crippen molar-refractivity contribution in [2.45, 2.75) is 32.1 Å². The second-order valence-corrected chi connectivity index (χ2v) is 3.84. The van der Waals surface area contributed by atoms with E-state index in [9.17, 15) is 0 Å². The van der Waals surface area contributed by atoms with Gasteiger partial charge < -0.3 is 0 Å². The van der Waals surface area contributed by atoms with Gasteiger partial charge in [-0.1, -0.05) is 12.5 Å². The number of hydrogen-bond acceptors (Lipinski definition) is 5. The van der Waals surface area contributed by atoms with Crippen molar-refractivity contribution in [3.05, 3.63) is 42.2 Å². The molecule has 0 spiro atoms. The third-order valence-electron chi connectivity index (χ3n) is 2.51. The van der Waals surface area contributed by atoms with Crippen LogP contribution in [0.4, 0.5) is 0 Å². The van der Waals surface area contributed by atoms with Gasteiger partial charge in [-0.25, -0.2) is 0 Å². The Morgan fingerprint density at radius 1 is 0.882 bits per heavy atom. The summed E-state index contributed by atoms with van der Waals surface area (Å²) in [4.78, 5) is 4.29. The standard InChI is InChI=1S/C12H15N5/c1(2-6-11-7-4-5-9-13-11)3-8-12-16-14-10-15-17-12/h4-5,7,9-10H,1-3,6,8H2. The average molecular weight is 229 g/mol. The Balaban J connectivity index is 1.61. The molecule has 0 aliphatic rings. The smallest absolute Gasteiger partial charge is 0.173 e. The number of rotatable bonds is 6. The molecule has 0 saturated carbocycles. The molecular formula is C12H15N5. The van der Waals surface area contributed by atoms with E-state index < -0.39 is 0 Å². The molecule has 5 nitrogen and oxygen atoms in total. The fourth-order valence-corrected chi connectivity index (χ4v) is 1.64. The van der Waals surface area contributed by atoms with Crippen molar-refractivity contribution >= 4 is 0 Å².